The molecule has 6 heteroatoms. The van der Waals surface area contributed by atoms with Crippen LogP contribution in [0.3, 0.4) is 0 Å². The lowest BCUT2D eigenvalue weighted by molar-refractivity contribution is 0.154. The van der Waals surface area contributed by atoms with Crippen LogP contribution < -0.4 is 10.2 Å². The van der Waals surface area contributed by atoms with Gasteiger partial charge in [0.2, 0.25) is 5.43 Å². The lowest BCUT2D eigenvalue weighted by atomic mass is 10.1. The predicted molar refractivity (Wildman–Crippen MR) is 108 cm³/mol. The standard InChI is InChI=1S/C21H19Cl2NO3/c1-14-21(27-13-15-5-3-2-4-6-15)19(25)9-10-24(14)12-20(26)16-7-8-17(22)18(23)11-16/h2-11,20,26H,12-13H2,1H3/t20-/m1/s1. The zero-order valence-corrected chi connectivity index (χ0v) is 16.2. The summed E-state index contributed by atoms with van der Waals surface area (Å²) in [4.78, 5) is 12.2. The zero-order chi connectivity index (χ0) is 19.4. The molecule has 2 aromatic carbocycles. The summed E-state index contributed by atoms with van der Waals surface area (Å²) in [5.41, 5.74) is 2.08. The van der Waals surface area contributed by atoms with E-state index >= 15 is 0 Å². The number of halogens is 2. The van der Waals surface area contributed by atoms with E-state index in [1.54, 1.807) is 35.9 Å². The minimum absolute atomic E-state index is 0.191. The Morgan fingerprint density at radius 1 is 1.07 bits per heavy atom. The second-order valence-corrected chi connectivity index (χ2v) is 7.02. The van der Waals surface area contributed by atoms with E-state index in [-0.39, 0.29) is 17.7 Å². The number of benzene rings is 2. The van der Waals surface area contributed by atoms with E-state index in [9.17, 15) is 9.90 Å². The fraction of sp³-hybridized carbons (Fsp3) is 0.190. The summed E-state index contributed by atoms with van der Waals surface area (Å²) in [6.07, 6.45) is 0.844. The third kappa shape index (κ3) is 4.72. The third-order valence-electron chi connectivity index (χ3n) is 4.31. The van der Waals surface area contributed by atoms with Crippen molar-refractivity contribution in [2.75, 3.05) is 0 Å². The molecule has 0 amide bonds. The SMILES string of the molecule is Cc1c(OCc2ccccc2)c(=O)ccn1C[C@@H](O)c1ccc(Cl)c(Cl)c1. The molecule has 0 saturated carbocycles. The molecule has 0 spiro atoms. The Hall–Kier alpha value is -2.27. The number of rotatable bonds is 6. The number of aromatic nitrogens is 1. The predicted octanol–water partition coefficient (Wildman–Crippen LogP) is 4.78. The van der Waals surface area contributed by atoms with Gasteiger partial charge >= 0.3 is 0 Å². The summed E-state index contributed by atoms with van der Waals surface area (Å²) >= 11 is 12.0. The maximum Gasteiger partial charge on any atom is 0.223 e. The third-order valence-corrected chi connectivity index (χ3v) is 5.05. The number of hydrogen-bond acceptors (Lipinski definition) is 3. The molecule has 4 nitrogen and oxygen atoms in total. The molecule has 0 radical (unpaired) electrons. The number of aliphatic hydroxyl groups excluding tert-OH is 1. The quantitative estimate of drug-likeness (QED) is 0.644. The average Bonchev–Trinajstić information content (AvgIpc) is 2.67. The van der Waals surface area contributed by atoms with Gasteiger partial charge in [-0.3, -0.25) is 4.79 Å². The fourth-order valence-electron chi connectivity index (χ4n) is 2.77. The van der Waals surface area contributed by atoms with E-state index in [4.69, 9.17) is 27.9 Å². The van der Waals surface area contributed by atoms with Crippen molar-refractivity contribution in [3.8, 4) is 5.75 Å². The van der Waals surface area contributed by atoms with Crippen LogP contribution in [0.4, 0.5) is 0 Å². The van der Waals surface area contributed by atoms with Crippen LogP contribution in [-0.2, 0) is 13.2 Å². The summed E-state index contributed by atoms with van der Waals surface area (Å²) in [6.45, 7) is 2.35. The van der Waals surface area contributed by atoms with Crippen molar-refractivity contribution in [1.29, 1.82) is 0 Å². The van der Waals surface area contributed by atoms with Crippen molar-refractivity contribution >= 4 is 23.2 Å². The van der Waals surface area contributed by atoms with Crippen LogP contribution >= 0.6 is 23.2 Å². The van der Waals surface area contributed by atoms with Gasteiger partial charge in [-0.25, -0.2) is 0 Å². The maximum absolute atomic E-state index is 12.2. The highest BCUT2D eigenvalue weighted by Gasteiger charge is 2.14. The van der Waals surface area contributed by atoms with Crippen LogP contribution in [-0.4, -0.2) is 9.67 Å². The molecule has 0 saturated heterocycles. The fourth-order valence-corrected chi connectivity index (χ4v) is 3.07. The summed E-state index contributed by atoms with van der Waals surface area (Å²) < 4.78 is 7.55. The van der Waals surface area contributed by atoms with Crippen LogP contribution in [0, 0.1) is 6.92 Å². The molecule has 0 bridgehead atoms. The largest absolute Gasteiger partial charge is 0.483 e. The Labute approximate surface area is 167 Å². The van der Waals surface area contributed by atoms with Crippen LogP contribution in [0.15, 0.2) is 65.6 Å². The second-order valence-electron chi connectivity index (χ2n) is 6.21. The molecule has 140 valence electrons. The highest BCUT2D eigenvalue weighted by Crippen LogP contribution is 2.27. The van der Waals surface area contributed by atoms with Gasteiger partial charge in [-0.15, -0.1) is 0 Å². The van der Waals surface area contributed by atoms with E-state index < -0.39 is 6.10 Å². The van der Waals surface area contributed by atoms with Gasteiger partial charge < -0.3 is 14.4 Å². The summed E-state index contributed by atoms with van der Waals surface area (Å²) in [5, 5.41) is 11.4. The van der Waals surface area contributed by atoms with Crippen molar-refractivity contribution in [2.24, 2.45) is 0 Å². The number of aliphatic hydroxyl groups is 1. The first kappa shape index (κ1) is 19.5. The first-order valence-electron chi connectivity index (χ1n) is 8.45. The second kappa shape index (κ2) is 8.61. The summed E-state index contributed by atoms with van der Waals surface area (Å²) in [6, 6.07) is 16.1. The normalized spacial score (nSPS) is 12.0. The zero-order valence-electron chi connectivity index (χ0n) is 14.7. The van der Waals surface area contributed by atoms with Crippen LogP contribution in [0.5, 0.6) is 5.75 Å². The molecule has 3 aromatic rings. The van der Waals surface area contributed by atoms with Crippen LogP contribution in [0.2, 0.25) is 10.0 Å². The van der Waals surface area contributed by atoms with Gasteiger partial charge in [-0.1, -0.05) is 59.6 Å². The highest BCUT2D eigenvalue weighted by molar-refractivity contribution is 6.42. The highest BCUT2D eigenvalue weighted by atomic mass is 35.5. The summed E-state index contributed by atoms with van der Waals surface area (Å²) in [5.74, 6) is 0.280. The summed E-state index contributed by atoms with van der Waals surface area (Å²) in [7, 11) is 0. The Kier molecular flexibility index (Phi) is 6.22. The molecule has 0 aliphatic rings. The van der Waals surface area contributed by atoms with Gasteiger partial charge in [0.15, 0.2) is 5.75 Å². The molecule has 0 fully saturated rings. The van der Waals surface area contributed by atoms with Gasteiger partial charge in [0, 0.05) is 12.3 Å². The molecule has 0 unspecified atom stereocenters. The minimum Gasteiger partial charge on any atom is -0.483 e. The van der Waals surface area contributed by atoms with Crippen molar-refractivity contribution in [2.45, 2.75) is 26.2 Å². The van der Waals surface area contributed by atoms with E-state index in [0.29, 0.717) is 27.9 Å². The monoisotopic (exact) mass is 403 g/mol. The van der Waals surface area contributed by atoms with Crippen molar-refractivity contribution < 1.29 is 9.84 Å². The van der Waals surface area contributed by atoms with Crippen molar-refractivity contribution in [1.82, 2.24) is 4.57 Å². The molecule has 3 rings (SSSR count). The Morgan fingerprint density at radius 2 is 1.81 bits per heavy atom. The molecule has 1 atom stereocenters. The first-order valence-corrected chi connectivity index (χ1v) is 9.21. The van der Waals surface area contributed by atoms with E-state index in [0.717, 1.165) is 5.56 Å². The molecule has 1 N–H and O–H groups in total. The topological polar surface area (TPSA) is 51.5 Å². The molecule has 0 aliphatic carbocycles. The Morgan fingerprint density at radius 3 is 2.52 bits per heavy atom. The van der Waals surface area contributed by atoms with E-state index in [1.807, 2.05) is 30.3 Å². The molecule has 1 heterocycles. The minimum atomic E-state index is -0.803. The first-order chi connectivity index (χ1) is 13.0. The Balaban J connectivity index is 1.79. The van der Waals surface area contributed by atoms with Gasteiger partial charge in [-0.05, 0) is 30.2 Å². The average molecular weight is 404 g/mol. The number of ether oxygens (including phenoxy) is 1. The van der Waals surface area contributed by atoms with Crippen molar-refractivity contribution in [3.05, 3.63) is 97.9 Å². The smallest absolute Gasteiger partial charge is 0.223 e. The molecule has 27 heavy (non-hydrogen) atoms. The van der Waals surface area contributed by atoms with Gasteiger partial charge in [0.25, 0.3) is 0 Å². The molecular weight excluding hydrogens is 385 g/mol. The lowest BCUT2D eigenvalue weighted by Crippen LogP contribution is -2.17. The molecular formula is C21H19Cl2NO3. The maximum atomic E-state index is 12.2. The number of hydrogen-bond donors (Lipinski definition) is 1. The van der Waals surface area contributed by atoms with Crippen LogP contribution in [0.25, 0.3) is 0 Å². The Bertz CT molecular complexity index is 986. The van der Waals surface area contributed by atoms with Gasteiger partial charge in [0.1, 0.15) is 6.61 Å². The van der Waals surface area contributed by atoms with Crippen LogP contribution in [0.1, 0.15) is 22.9 Å². The van der Waals surface area contributed by atoms with E-state index in [1.165, 1.54) is 6.07 Å². The number of pyridine rings is 1. The van der Waals surface area contributed by atoms with Gasteiger partial charge in [0.05, 0.1) is 28.4 Å². The van der Waals surface area contributed by atoms with E-state index in [2.05, 4.69) is 0 Å². The molecule has 1 aromatic heterocycles. The number of nitrogens with zero attached hydrogens (tertiary/aromatic N) is 1. The van der Waals surface area contributed by atoms with Gasteiger partial charge in [-0.2, -0.15) is 0 Å². The lowest BCUT2D eigenvalue weighted by Gasteiger charge is -2.18. The van der Waals surface area contributed by atoms with Crippen molar-refractivity contribution in [3.63, 3.8) is 0 Å². The molecule has 0 aliphatic heterocycles.